The van der Waals surface area contributed by atoms with Gasteiger partial charge >= 0.3 is 0 Å². The fourth-order valence-electron chi connectivity index (χ4n) is 2.46. The molecule has 0 fully saturated rings. The van der Waals surface area contributed by atoms with E-state index in [1.807, 2.05) is 32.0 Å². The van der Waals surface area contributed by atoms with Crippen molar-refractivity contribution < 1.29 is 9.59 Å². The van der Waals surface area contributed by atoms with Gasteiger partial charge in [-0.15, -0.1) is 0 Å². The first-order valence-corrected chi connectivity index (χ1v) is 8.14. The van der Waals surface area contributed by atoms with E-state index in [0.717, 1.165) is 11.1 Å². The maximum Gasteiger partial charge on any atom is 0.244 e. The van der Waals surface area contributed by atoms with Gasteiger partial charge in [0.05, 0.1) is 15.7 Å². The highest BCUT2D eigenvalue weighted by molar-refractivity contribution is 6.44. The van der Waals surface area contributed by atoms with E-state index in [9.17, 15) is 9.59 Å². The van der Waals surface area contributed by atoms with Gasteiger partial charge in [-0.3, -0.25) is 9.59 Å². The molecule has 0 heterocycles. The van der Waals surface area contributed by atoms with Crippen molar-refractivity contribution in [3.05, 3.63) is 57.6 Å². The first-order chi connectivity index (χ1) is 11.3. The molecule has 0 atom stereocenters. The van der Waals surface area contributed by atoms with Crippen molar-refractivity contribution in [1.82, 2.24) is 0 Å². The van der Waals surface area contributed by atoms with Crippen molar-refractivity contribution in [2.45, 2.75) is 20.8 Å². The highest BCUT2D eigenvalue weighted by Crippen LogP contribution is 2.32. The van der Waals surface area contributed by atoms with E-state index in [-0.39, 0.29) is 23.4 Å². The zero-order chi connectivity index (χ0) is 17.9. The summed E-state index contributed by atoms with van der Waals surface area (Å²) in [5.74, 6) is -0.610. The molecule has 0 spiro atoms. The third-order valence-electron chi connectivity index (χ3n) is 3.41. The van der Waals surface area contributed by atoms with Crippen molar-refractivity contribution >= 4 is 46.4 Å². The lowest BCUT2D eigenvalue weighted by Crippen LogP contribution is -2.36. The normalized spacial score (nSPS) is 10.4. The Morgan fingerprint density at radius 2 is 1.71 bits per heavy atom. The van der Waals surface area contributed by atoms with Crippen LogP contribution in [0.4, 0.5) is 11.4 Å². The summed E-state index contributed by atoms with van der Waals surface area (Å²) >= 11 is 12.2. The first-order valence-electron chi connectivity index (χ1n) is 7.38. The number of amides is 2. The molecule has 6 heteroatoms. The second kappa shape index (κ2) is 7.69. The first kappa shape index (κ1) is 18.3. The predicted molar refractivity (Wildman–Crippen MR) is 99.0 cm³/mol. The third kappa shape index (κ3) is 4.49. The molecule has 0 radical (unpaired) electrons. The predicted octanol–water partition coefficient (Wildman–Crippen LogP) is 4.60. The molecule has 2 rings (SSSR count). The third-order valence-corrected chi connectivity index (χ3v) is 4.22. The number of benzene rings is 2. The minimum Gasteiger partial charge on any atom is -0.325 e. The molecular formula is C18H18Cl2N2O2. The molecule has 0 aromatic heterocycles. The number of nitrogens with one attached hydrogen (secondary N) is 1. The minimum atomic E-state index is -0.314. The van der Waals surface area contributed by atoms with E-state index >= 15 is 0 Å². The van der Waals surface area contributed by atoms with E-state index < -0.39 is 0 Å². The largest absolute Gasteiger partial charge is 0.325 e. The van der Waals surface area contributed by atoms with E-state index in [1.165, 1.54) is 11.8 Å². The van der Waals surface area contributed by atoms with Gasteiger partial charge in [-0.1, -0.05) is 35.3 Å². The Labute approximate surface area is 151 Å². The molecule has 2 aromatic rings. The fourth-order valence-corrected chi connectivity index (χ4v) is 2.86. The van der Waals surface area contributed by atoms with Crippen molar-refractivity contribution in [3.63, 3.8) is 0 Å². The Kier molecular flexibility index (Phi) is 5.86. The molecule has 0 aliphatic carbocycles. The highest BCUT2D eigenvalue weighted by atomic mass is 35.5. The van der Waals surface area contributed by atoms with E-state index in [4.69, 9.17) is 23.2 Å². The molecule has 2 amide bonds. The molecule has 0 aliphatic heterocycles. The molecule has 126 valence electrons. The summed E-state index contributed by atoms with van der Waals surface area (Å²) < 4.78 is 0. The Hall–Kier alpha value is -2.04. The van der Waals surface area contributed by atoms with E-state index in [2.05, 4.69) is 5.32 Å². The second-order valence-corrected chi connectivity index (χ2v) is 6.39. The molecule has 24 heavy (non-hydrogen) atoms. The van der Waals surface area contributed by atoms with Crippen LogP contribution in [0.3, 0.4) is 0 Å². The average molecular weight is 365 g/mol. The molecule has 1 N–H and O–H groups in total. The van der Waals surface area contributed by atoms with Gasteiger partial charge in [0.1, 0.15) is 6.54 Å². The zero-order valence-electron chi connectivity index (χ0n) is 13.7. The van der Waals surface area contributed by atoms with Gasteiger partial charge in [0.2, 0.25) is 11.8 Å². The SMILES string of the molecule is CC(=O)N(CC(=O)Nc1cc(C)cc(C)c1)c1cccc(Cl)c1Cl. The van der Waals surface area contributed by atoms with Gasteiger partial charge in [0.25, 0.3) is 0 Å². The fraction of sp³-hybridized carbons (Fsp3) is 0.222. The van der Waals surface area contributed by atoms with Gasteiger partial charge in [0, 0.05) is 12.6 Å². The van der Waals surface area contributed by atoms with Crippen molar-refractivity contribution in [3.8, 4) is 0 Å². The molecule has 0 saturated carbocycles. The van der Waals surface area contributed by atoms with Crippen LogP contribution in [0.25, 0.3) is 0 Å². The standard InChI is InChI=1S/C18H18Cl2N2O2/c1-11-7-12(2)9-14(8-11)21-17(24)10-22(13(3)23)16-6-4-5-15(19)18(16)20/h4-9H,10H2,1-3H3,(H,21,24). The molecule has 4 nitrogen and oxygen atoms in total. The van der Waals surface area contributed by atoms with Gasteiger partial charge < -0.3 is 10.2 Å². The van der Waals surface area contributed by atoms with Crippen LogP contribution in [-0.4, -0.2) is 18.4 Å². The van der Waals surface area contributed by atoms with Crippen LogP contribution in [0.15, 0.2) is 36.4 Å². The summed E-state index contributed by atoms with van der Waals surface area (Å²) in [5, 5.41) is 3.38. The summed E-state index contributed by atoms with van der Waals surface area (Å²) in [4.78, 5) is 25.6. The number of nitrogens with zero attached hydrogens (tertiary/aromatic N) is 1. The molecule has 0 saturated heterocycles. The topological polar surface area (TPSA) is 49.4 Å². The monoisotopic (exact) mass is 364 g/mol. The number of hydrogen-bond acceptors (Lipinski definition) is 2. The van der Waals surface area contributed by atoms with Crippen LogP contribution in [0, 0.1) is 13.8 Å². The number of rotatable bonds is 4. The summed E-state index contributed by atoms with van der Waals surface area (Å²) in [5.41, 5.74) is 3.20. The van der Waals surface area contributed by atoms with Gasteiger partial charge in [-0.2, -0.15) is 0 Å². The zero-order valence-corrected chi connectivity index (χ0v) is 15.2. The number of hydrogen-bond donors (Lipinski definition) is 1. The van der Waals surface area contributed by atoms with Crippen LogP contribution in [-0.2, 0) is 9.59 Å². The molecule has 0 aliphatic rings. The van der Waals surface area contributed by atoms with Crippen LogP contribution in [0.1, 0.15) is 18.1 Å². The van der Waals surface area contributed by atoms with E-state index in [1.54, 1.807) is 18.2 Å². The van der Waals surface area contributed by atoms with Gasteiger partial charge in [0.15, 0.2) is 0 Å². The van der Waals surface area contributed by atoms with Crippen LogP contribution < -0.4 is 10.2 Å². The molecule has 2 aromatic carbocycles. The number of carbonyl (C=O) groups excluding carboxylic acids is 2. The maximum absolute atomic E-state index is 12.3. The summed E-state index contributed by atoms with van der Waals surface area (Å²) in [6, 6.07) is 10.7. The molecular weight excluding hydrogens is 347 g/mol. The lowest BCUT2D eigenvalue weighted by molar-refractivity contribution is -0.120. The Balaban J connectivity index is 2.20. The van der Waals surface area contributed by atoms with Gasteiger partial charge in [-0.25, -0.2) is 0 Å². The summed E-state index contributed by atoms with van der Waals surface area (Å²) in [6.45, 7) is 5.14. The van der Waals surface area contributed by atoms with Crippen molar-refractivity contribution in [2.75, 3.05) is 16.8 Å². The number of aryl methyl sites for hydroxylation is 2. The lowest BCUT2D eigenvalue weighted by atomic mass is 10.1. The van der Waals surface area contributed by atoms with Crippen LogP contribution >= 0.6 is 23.2 Å². The summed E-state index contributed by atoms with van der Waals surface area (Å²) in [6.07, 6.45) is 0. The Morgan fingerprint density at radius 1 is 1.08 bits per heavy atom. The van der Waals surface area contributed by atoms with Gasteiger partial charge in [-0.05, 0) is 49.2 Å². The number of carbonyl (C=O) groups is 2. The minimum absolute atomic E-state index is 0.150. The lowest BCUT2D eigenvalue weighted by Gasteiger charge is -2.22. The average Bonchev–Trinajstić information content (AvgIpc) is 2.46. The van der Waals surface area contributed by atoms with Crippen molar-refractivity contribution in [2.24, 2.45) is 0 Å². The quantitative estimate of drug-likeness (QED) is 0.861. The van der Waals surface area contributed by atoms with E-state index in [0.29, 0.717) is 16.4 Å². The second-order valence-electron chi connectivity index (χ2n) is 5.60. The molecule has 0 unspecified atom stereocenters. The Bertz CT molecular complexity index is 770. The van der Waals surface area contributed by atoms with Crippen LogP contribution in [0.2, 0.25) is 10.0 Å². The number of halogens is 2. The number of anilines is 2. The van der Waals surface area contributed by atoms with Crippen LogP contribution in [0.5, 0.6) is 0 Å². The smallest absolute Gasteiger partial charge is 0.244 e. The summed E-state index contributed by atoms with van der Waals surface area (Å²) in [7, 11) is 0. The molecule has 0 bridgehead atoms. The Morgan fingerprint density at radius 3 is 2.29 bits per heavy atom. The van der Waals surface area contributed by atoms with Crippen molar-refractivity contribution in [1.29, 1.82) is 0 Å². The highest BCUT2D eigenvalue weighted by Gasteiger charge is 2.19. The maximum atomic E-state index is 12.3.